The summed E-state index contributed by atoms with van der Waals surface area (Å²) < 4.78 is 11.1. The van der Waals surface area contributed by atoms with E-state index in [-0.39, 0.29) is 11.7 Å². The Balaban J connectivity index is 1.57. The molecule has 5 nitrogen and oxygen atoms in total. The average molecular weight is 380 g/mol. The number of hydrogen-bond acceptors (Lipinski definition) is 6. The normalized spacial score (nSPS) is 13.1. The molecule has 0 aliphatic carbocycles. The molecule has 0 bridgehead atoms. The molecular weight excluding hydrogens is 360 g/mol. The lowest BCUT2D eigenvalue weighted by Crippen LogP contribution is -2.16. The topological polar surface area (TPSA) is 61.3 Å². The largest absolute Gasteiger partial charge is 0.486 e. The molecule has 2 aromatic carbocycles. The molecule has 27 heavy (non-hydrogen) atoms. The molecule has 0 spiro atoms. The molecule has 0 amide bonds. The van der Waals surface area contributed by atoms with Gasteiger partial charge in [-0.3, -0.25) is 4.79 Å². The van der Waals surface area contributed by atoms with Crippen LogP contribution >= 0.6 is 11.8 Å². The number of carbonyl (C=O) groups excluding carboxylic acids is 1. The highest BCUT2D eigenvalue weighted by atomic mass is 32.2. The molecule has 0 fully saturated rings. The van der Waals surface area contributed by atoms with E-state index in [1.807, 2.05) is 24.3 Å². The number of nitrogens with zero attached hydrogens (tertiary/aromatic N) is 2. The van der Waals surface area contributed by atoms with Gasteiger partial charge in [0.05, 0.1) is 11.3 Å². The van der Waals surface area contributed by atoms with Gasteiger partial charge >= 0.3 is 0 Å². The Morgan fingerprint density at radius 1 is 1.07 bits per heavy atom. The number of ketones is 1. The third kappa shape index (κ3) is 3.76. The van der Waals surface area contributed by atoms with Crippen LogP contribution in [0.1, 0.15) is 35.9 Å². The second kappa shape index (κ2) is 7.56. The van der Waals surface area contributed by atoms with Gasteiger partial charge in [-0.05, 0) is 24.3 Å². The number of Topliss-reactive ketones (excluding diaryl/α,β-unsaturated/α-hetero) is 1. The molecule has 6 heteroatoms. The van der Waals surface area contributed by atoms with Crippen LogP contribution in [0.15, 0.2) is 47.5 Å². The van der Waals surface area contributed by atoms with Crippen LogP contribution in [0.25, 0.3) is 10.9 Å². The lowest BCUT2D eigenvalue weighted by Gasteiger charge is -2.18. The molecular formula is C21H20N2O3S. The fourth-order valence-electron chi connectivity index (χ4n) is 2.87. The van der Waals surface area contributed by atoms with E-state index in [2.05, 4.69) is 18.8 Å². The summed E-state index contributed by atoms with van der Waals surface area (Å²) in [5, 5.41) is 1.82. The summed E-state index contributed by atoms with van der Waals surface area (Å²) in [4.78, 5) is 22.0. The van der Waals surface area contributed by atoms with Crippen LogP contribution in [0.3, 0.4) is 0 Å². The van der Waals surface area contributed by atoms with Gasteiger partial charge in [-0.2, -0.15) is 0 Å². The summed E-state index contributed by atoms with van der Waals surface area (Å²) in [6.45, 7) is 5.18. The van der Waals surface area contributed by atoms with E-state index in [0.717, 1.165) is 21.8 Å². The number of rotatable bonds is 5. The predicted molar refractivity (Wildman–Crippen MR) is 106 cm³/mol. The Kier molecular flexibility index (Phi) is 4.99. The summed E-state index contributed by atoms with van der Waals surface area (Å²) in [5.74, 6) is 2.68. The van der Waals surface area contributed by atoms with Crippen molar-refractivity contribution in [1.82, 2.24) is 9.97 Å². The molecule has 0 saturated carbocycles. The first-order valence-electron chi connectivity index (χ1n) is 8.94. The zero-order valence-electron chi connectivity index (χ0n) is 15.3. The van der Waals surface area contributed by atoms with Crippen molar-refractivity contribution >= 4 is 28.4 Å². The number of para-hydroxylation sites is 1. The van der Waals surface area contributed by atoms with Gasteiger partial charge in [0.25, 0.3) is 0 Å². The summed E-state index contributed by atoms with van der Waals surface area (Å²) in [5.41, 5.74) is 1.53. The lowest BCUT2D eigenvalue weighted by molar-refractivity contribution is 0.102. The van der Waals surface area contributed by atoms with E-state index in [9.17, 15) is 4.79 Å². The SMILES string of the molecule is CC(C)c1nc(SCC(=O)c2ccc3c(c2)OCCO3)c2ccccc2n1. The number of fused-ring (bicyclic) bond motifs is 2. The van der Waals surface area contributed by atoms with Gasteiger partial charge in [-0.1, -0.05) is 43.8 Å². The number of ether oxygens (including phenoxy) is 2. The van der Waals surface area contributed by atoms with E-state index >= 15 is 0 Å². The maximum Gasteiger partial charge on any atom is 0.173 e. The number of aromatic nitrogens is 2. The zero-order chi connectivity index (χ0) is 18.8. The maximum atomic E-state index is 12.7. The molecule has 0 atom stereocenters. The second-order valence-corrected chi connectivity index (χ2v) is 7.59. The van der Waals surface area contributed by atoms with Gasteiger partial charge < -0.3 is 9.47 Å². The highest BCUT2D eigenvalue weighted by Gasteiger charge is 2.17. The van der Waals surface area contributed by atoms with Crippen LogP contribution in [0.4, 0.5) is 0 Å². The Bertz CT molecular complexity index is 1000. The molecule has 1 aliphatic heterocycles. The molecule has 0 N–H and O–H groups in total. The van der Waals surface area contributed by atoms with Crippen molar-refractivity contribution in [1.29, 1.82) is 0 Å². The van der Waals surface area contributed by atoms with Gasteiger partial charge in [-0.25, -0.2) is 9.97 Å². The third-order valence-corrected chi connectivity index (χ3v) is 5.30. The minimum atomic E-state index is 0.0331. The van der Waals surface area contributed by atoms with Crippen LogP contribution in [0, 0.1) is 0 Å². The van der Waals surface area contributed by atoms with Crippen molar-refractivity contribution < 1.29 is 14.3 Å². The fourth-order valence-corrected chi connectivity index (χ4v) is 3.79. The van der Waals surface area contributed by atoms with E-state index in [0.29, 0.717) is 36.0 Å². The van der Waals surface area contributed by atoms with Gasteiger partial charge in [0.2, 0.25) is 0 Å². The Labute approximate surface area is 162 Å². The first-order chi connectivity index (χ1) is 13.1. The standard InChI is InChI=1S/C21H20N2O3S/c1-13(2)20-22-16-6-4-3-5-15(16)21(23-20)27-12-17(24)14-7-8-18-19(11-14)26-10-9-25-18/h3-8,11,13H,9-10,12H2,1-2H3. The van der Waals surface area contributed by atoms with Gasteiger partial charge in [-0.15, -0.1) is 0 Å². The number of carbonyl (C=O) groups is 1. The van der Waals surface area contributed by atoms with Crippen molar-refractivity contribution in [3.8, 4) is 11.5 Å². The van der Waals surface area contributed by atoms with Gasteiger partial charge in [0.15, 0.2) is 17.3 Å². The third-order valence-electron chi connectivity index (χ3n) is 4.31. The van der Waals surface area contributed by atoms with Crippen molar-refractivity contribution in [3.05, 3.63) is 53.9 Å². The lowest BCUT2D eigenvalue weighted by atomic mass is 10.1. The zero-order valence-corrected chi connectivity index (χ0v) is 16.1. The Morgan fingerprint density at radius 2 is 1.85 bits per heavy atom. The molecule has 0 radical (unpaired) electrons. The highest BCUT2D eigenvalue weighted by molar-refractivity contribution is 8.00. The fraction of sp³-hybridized carbons (Fsp3) is 0.286. The van der Waals surface area contributed by atoms with Crippen LogP contribution in [-0.4, -0.2) is 34.7 Å². The molecule has 138 valence electrons. The molecule has 4 rings (SSSR count). The molecule has 1 aromatic heterocycles. The van der Waals surface area contributed by atoms with Gasteiger partial charge in [0.1, 0.15) is 24.1 Å². The van der Waals surface area contributed by atoms with Crippen LogP contribution in [0.2, 0.25) is 0 Å². The predicted octanol–water partition coefficient (Wildman–Crippen LogP) is 4.50. The number of thioether (sulfide) groups is 1. The molecule has 0 unspecified atom stereocenters. The average Bonchev–Trinajstić information content (AvgIpc) is 2.71. The second-order valence-electron chi connectivity index (χ2n) is 6.63. The monoisotopic (exact) mass is 380 g/mol. The Hall–Kier alpha value is -2.60. The van der Waals surface area contributed by atoms with E-state index in [1.54, 1.807) is 18.2 Å². The van der Waals surface area contributed by atoms with E-state index in [4.69, 9.17) is 14.5 Å². The number of hydrogen-bond donors (Lipinski definition) is 0. The van der Waals surface area contributed by atoms with Crippen molar-refractivity contribution in [2.24, 2.45) is 0 Å². The van der Waals surface area contributed by atoms with Gasteiger partial charge in [0, 0.05) is 16.9 Å². The summed E-state index contributed by atoms with van der Waals surface area (Å²) in [7, 11) is 0. The molecule has 0 saturated heterocycles. The number of benzene rings is 2. The van der Waals surface area contributed by atoms with Crippen molar-refractivity contribution in [3.63, 3.8) is 0 Å². The minimum Gasteiger partial charge on any atom is -0.486 e. The minimum absolute atomic E-state index is 0.0331. The van der Waals surface area contributed by atoms with Crippen molar-refractivity contribution in [2.45, 2.75) is 24.8 Å². The Morgan fingerprint density at radius 3 is 2.67 bits per heavy atom. The highest BCUT2D eigenvalue weighted by Crippen LogP contribution is 2.32. The quantitative estimate of drug-likeness (QED) is 0.369. The molecule has 2 heterocycles. The first kappa shape index (κ1) is 17.8. The van der Waals surface area contributed by atoms with E-state index < -0.39 is 0 Å². The van der Waals surface area contributed by atoms with Crippen LogP contribution < -0.4 is 9.47 Å². The summed E-state index contributed by atoms with van der Waals surface area (Å²) >= 11 is 1.45. The van der Waals surface area contributed by atoms with E-state index in [1.165, 1.54) is 11.8 Å². The molecule has 1 aliphatic rings. The summed E-state index contributed by atoms with van der Waals surface area (Å²) in [6.07, 6.45) is 0. The smallest absolute Gasteiger partial charge is 0.173 e. The van der Waals surface area contributed by atoms with Crippen LogP contribution in [-0.2, 0) is 0 Å². The van der Waals surface area contributed by atoms with Crippen molar-refractivity contribution in [2.75, 3.05) is 19.0 Å². The molecule has 3 aromatic rings. The maximum absolute atomic E-state index is 12.7. The first-order valence-corrected chi connectivity index (χ1v) is 9.92. The van der Waals surface area contributed by atoms with Crippen LogP contribution in [0.5, 0.6) is 11.5 Å². The summed E-state index contributed by atoms with van der Waals surface area (Å²) in [6, 6.07) is 13.2.